The molecule has 3 rings (SSSR count). The number of aromatic nitrogens is 1. The number of fused-ring (bicyclic) bond motifs is 1. The molecule has 1 N–H and O–H groups in total. The predicted octanol–water partition coefficient (Wildman–Crippen LogP) is 4.67. The maximum atomic E-state index is 13.5. The molecular formula is C21H23N3O2S. The molecule has 0 bridgehead atoms. The summed E-state index contributed by atoms with van der Waals surface area (Å²) in [6, 6.07) is 15.4. The van der Waals surface area contributed by atoms with Gasteiger partial charge in [-0.05, 0) is 67.8 Å². The van der Waals surface area contributed by atoms with E-state index in [1.807, 2.05) is 43.5 Å². The van der Waals surface area contributed by atoms with Gasteiger partial charge in [0, 0.05) is 23.1 Å². The Bertz CT molecular complexity index is 1080. The van der Waals surface area contributed by atoms with E-state index in [-0.39, 0.29) is 10.9 Å². The average molecular weight is 382 g/mol. The summed E-state index contributed by atoms with van der Waals surface area (Å²) in [7, 11) is -3.76. The summed E-state index contributed by atoms with van der Waals surface area (Å²) in [5.74, 6) is 0.356. The van der Waals surface area contributed by atoms with E-state index in [4.69, 9.17) is 5.26 Å². The first kappa shape index (κ1) is 19.0. The molecule has 0 fully saturated rings. The van der Waals surface area contributed by atoms with Crippen molar-refractivity contribution in [1.82, 2.24) is 4.98 Å². The fraction of sp³-hybridized carbons (Fsp3) is 0.286. The van der Waals surface area contributed by atoms with Crippen molar-refractivity contribution in [2.75, 3.05) is 4.31 Å². The number of hydrogen-bond acceptors (Lipinski definition) is 3. The third-order valence-electron chi connectivity index (χ3n) is 4.54. The van der Waals surface area contributed by atoms with Gasteiger partial charge in [0.25, 0.3) is 10.0 Å². The van der Waals surface area contributed by atoms with Gasteiger partial charge < -0.3 is 4.98 Å². The van der Waals surface area contributed by atoms with Gasteiger partial charge in [-0.1, -0.05) is 13.8 Å². The third-order valence-corrected chi connectivity index (χ3v) is 6.50. The molecule has 0 aliphatic carbocycles. The van der Waals surface area contributed by atoms with Crippen molar-refractivity contribution in [1.29, 1.82) is 5.26 Å². The van der Waals surface area contributed by atoms with E-state index in [1.165, 1.54) is 28.6 Å². The van der Waals surface area contributed by atoms with Crippen LogP contribution in [0.4, 0.5) is 5.69 Å². The zero-order valence-electron chi connectivity index (χ0n) is 15.7. The molecule has 0 saturated carbocycles. The number of nitriles is 1. The largest absolute Gasteiger partial charge is 0.361 e. The van der Waals surface area contributed by atoms with Crippen LogP contribution in [0.2, 0.25) is 0 Å². The fourth-order valence-corrected chi connectivity index (χ4v) is 5.06. The number of hydrogen-bond donors (Lipinski definition) is 1. The highest BCUT2D eigenvalue weighted by molar-refractivity contribution is 7.92. The van der Waals surface area contributed by atoms with E-state index >= 15 is 0 Å². The number of sulfonamides is 1. The molecule has 0 aliphatic heterocycles. The first-order chi connectivity index (χ1) is 12.8. The number of benzene rings is 2. The Labute approximate surface area is 160 Å². The van der Waals surface area contributed by atoms with Crippen LogP contribution in [0.1, 0.15) is 32.8 Å². The van der Waals surface area contributed by atoms with Crippen LogP contribution in [0.3, 0.4) is 0 Å². The highest BCUT2D eigenvalue weighted by atomic mass is 32.2. The molecule has 0 amide bonds. The summed E-state index contributed by atoms with van der Waals surface area (Å²) < 4.78 is 28.4. The highest BCUT2D eigenvalue weighted by Gasteiger charge is 2.30. The lowest BCUT2D eigenvalue weighted by Gasteiger charge is -2.31. The van der Waals surface area contributed by atoms with Gasteiger partial charge in [0.2, 0.25) is 0 Å². The van der Waals surface area contributed by atoms with Gasteiger partial charge >= 0.3 is 0 Å². The van der Waals surface area contributed by atoms with Crippen molar-refractivity contribution >= 4 is 26.6 Å². The van der Waals surface area contributed by atoms with Crippen molar-refractivity contribution < 1.29 is 8.42 Å². The second kappa shape index (κ2) is 7.45. The summed E-state index contributed by atoms with van der Waals surface area (Å²) in [5.41, 5.74) is 2.04. The van der Waals surface area contributed by atoms with Crippen LogP contribution in [0, 0.1) is 17.2 Å². The second-order valence-electron chi connectivity index (χ2n) is 7.16. The van der Waals surface area contributed by atoms with Crippen molar-refractivity contribution in [3.05, 3.63) is 60.3 Å². The smallest absolute Gasteiger partial charge is 0.264 e. The summed E-state index contributed by atoms with van der Waals surface area (Å²) in [6.45, 7) is 6.10. The molecule has 140 valence electrons. The van der Waals surface area contributed by atoms with Gasteiger partial charge in [-0.2, -0.15) is 5.26 Å². The zero-order valence-corrected chi connectivity index (χ0v) is 16.5. The molecule has 0 spiro atoms. The molecule has 1 atom stereocenters. The molecular weight excluding hydrogens is 358 g/mol. The van der Waals surface area contributed by atoms with Gasteiger partial charge in [-0.15, -0.1) is 0 Å². The first-order valence-corrected chi connectivity index (χ1v) is 10.4. The molecule has 0 saturated heterocycles. The molecule has 27 heavy (non-hydrogen) atoms. The van der Waals surface area contributed by atoms with E-state index in [9.17, 15) is 8.42 Å². The number of aromatic amines is 1. The van der Waals surface area contributed by atoms with Crippen LogP contribution in [-0.2, 0) is 10.0 Å². The molecule has 0 radical (unpaired) electrons. The maximum absolute atomic E-state index is 13.5. The monoisotopic (exact) mass is 381 g/mol. The summed E-state index contributed by atoms with van der Waals surface area (Å²) in [5, 5.41) is 9.94. The molecule has 0 unspecified atom stereocenters. The predicted molar refractivity (Wildman–Crippen MR) is 108 cm³/mol. The maximum Gasteiger partial charge on any atom is 0.264 e. The standard InChI is InChI=1S/C21H23N3O2S/c1-15(2)12-16(3)24(19-6-9-21-18(13-19)10-11-23-21)27(25,26)20-7-4-17(14-22)5-8-20/h4-11,13,15-16,23H,12H2,1-3H3/t16-/m0/s1. The number of H-pyrrole nitrogens is 1. The zero-order chi connectivity index (χ0) is 19.6. The van der Waals surface area contributed by atoms with Crippen molar-refractivity contribution in [2.24, 2.45) is 5.92 Å². The Balaban J connectivity index is 2.11. The molecule has 0 aliphatic rings. The summed E-state index contributed by atoms with van der Waals surface area (Å²) >= 11 is 0. The van der Waals surface area contributed by atoms with E-state index in [1.54, 1.807) is 0 Å². The van der Waals surface area contributed by atoms with Crippen molar-refractivity contribution in [3.63, 3.8) is 0 Å². The van der Waals surface area contributed by atoms with Crippen LogP contribution in [0.5, 0.6) is 0 Å². The molecule has 5 nitrogen and oxygen atoms in total. The SMILES string of the molecule is CC(C)C[C@H](C)N(c1ccc2[nH]ccc2c1)S(=O)(=O)c1ccc(C#N)cc1. The minimum Gasteiger partial charge on any atom is -0.361 e. The molecule has 1 aromatic heterocycles. The van der Waals surface area contributed by atoms with Gasteiger partial charge in [-0.25, -0.2) is 8.42 Å². The Kier molecular flexibility index (Phi) is 5.24. The van der Waals surface area contributed by atoms with Gasteiger partial charge in [-0.3, -0.25) is 4.31 Å². The quantitative estimate of drug-likeness (QED) is 0.674. The van der Waals surface area contributed by atoms with Crippen LogP contribution in [0.25, 0.3) is 10.9 Å². The fourth-order valence-electron chi connectivity index (χ4n) is 3.40. The highest BCUT2D eigenvalue weighted by Crippen LogP contribution is 2.31. The minimum absolute atomic E-state index is 0.186. The van der Waals surface area contributed by atoms with E-state index < -0.39 is 10.0 Å². The lowest BCUT2D eigenvalue weighted by atomic mass is 10.0. The van der Waals surface area contributed by atoms with Crippen LogP contribution in [0.15, 0.2) is 59.6 Å². The van der Waals surface area contributed by atoms with Crippen LogP contribution in [-0.4, -0.2) is 19.4 Å². The molecule has 2 aromatic carbocycles. The average Bonchev–Trinajstić information content (AvgIpc) is 3.09. The van der Waals surface area contributed by atoms with Gasteiger partial charge in [0.05, 0.1) is 22.2 Å². The van der Waals surface area contributed by atoms with E-state index in [0.717, 1.165) is 17.3 Å². The first-order valence-electron chi connectivity index (χ1n) is 8.94. The Morgan fingerprint density at radius 2 is 1.78 bits per heavy atom. The topological polar surface area (TPSA) is 77.0 Å². The van der Waals surface area contributed by atoms with Gasteiger partial charge in [0.1, 0.15) is 0 Å². The van der Waals surface area contributed by atoms with Crippen molar-refractivity contribution in [2.45, 2.75) is 38.1 Å². The number of rotatable bonds is 6. The number of nitrogens with zero attached hydrogens (tertiary/aromatic N) is 2. The lowest BCUT2D eigenvalue weighted by Crippen LogP contribution is -2.39. The minimum atomic E-state index is -3.76. The van der Waals surface area contributed by atoms with Crippen LogP contribution >= 0.6 is 0 Å². The Hall–Kier alpha value is -2.78. The molecule has 6 heteroatoms. The van der Waals surface area contributed by atoms with Crippen molar-refractivity contribution in [3.8, 4) is 6.07 Å². The number of anilines is 1. The van der Waals surface area contributed by atoms with E-state index in [2.05, 4.69) is 18.8 Å². The molecule has 3 aromatic rings. The van der Waals surface area contributed by atoms with Crippen LogP contribution < -0.4 is 4.31 Å². The third kappa shape index (κ3) is 3.83. The Morgan fingerprint density at radius 3 is 2.41 bits per heavy atom. The summed E-state index contributed by atoms with van der Waals surface area (Å²) in [6.07, 6.45) is 2.58. The Morgan fingerprint density at radius 1 is 1.07 bits per heavy atom. The lowest BCUT2D eigenvalue weighted by molar-refractivity contribution is 0.509. The van der Waals surface area contributed by atoms with Gasteiger partial charge in [0.15, 0.2) is 0 Å². The second-order valence-corrected chi connectivity index (χ2v) is 8.98. The number of nitrogens with one attached hydrogen (secondary N) is 1. The van der Waals surface area contributed by atoms with E-state index in [0.29, 0.717) is 17.2 Å². The molecule has 1 heterocycles. The normalized spacial score (nSPS) is 12.9. The summed E-state index contributed by atoms with van der Waals surface area (Å²) in [4.78, 5) is 3.32.